The van der Waals surface area contributed by atoms with Crippen LogP contribution in [0.5, 0.6) is 5.75 Å². The van der Waals surface area contributed by atoms with E-state index in [1.807, 2.05) is 12.1 Å². The first-order valence-corrected chi connectivity index (χ1v) is 11.1. The summed E-state index contributed by atoms with van der Waals surface area (Å²) in [6, 6.07) is 11.8. The molecule has 2 aliphatic heterocycles. The molecule has 8 heteroatoms. The summed E-state index contributed by atoms with van der Waals surface area (Å²) in [6.07, 6.45) is 2.22. The average molecular weight is 416 g/mol. The lowest BCUT2D eigenvalue weighted by molar-refractivity contribution is -0.0946. The number of carbonyl (C=O) groups excluding carboxylic acids is 1. The molecule has 2 aromatic carbocycles. The zero-order valence-electron chi connectivity index (χ0n) is 16.3. The zero-order chi connectivity index (χ0) is 20.6. The topological polar surface area (TPSA) is 98.9 Å². The monoisotopic (exact) mass is 416 g/mol. The molecule has 4 rings (SSSR count). The maximum Gasteiger partial charge on any atom is 0.253 e. The third kappa shape index (κ3) is 3.63. The van der Waals surface area contributed by atoms with Crippen molar-refractivity contribution in [3.63, 3.8) is 0 Å². The van der Waals surface area contributed by atoms with Crippen LogP contribution < -0.4 is 9.88 Å². The van der Waals surface area contributed by atoms with Crippen LogP contribution in [-0.2, 0) is 26.8 Å². The highest BCUT2D eigenvalue weighted by Gasteiger charge is 2.43. The third-order valence-corrected chi connectivity index (χ3v) is 6.76. The molecular formula is C21H24N2O5S. The summed E-state index contributed by atoms with van der Waals surface area (Å²) in [4.78, 5) is 14.7. The Morgan fingerprint density at radius 1 is 1.14 bits per heavy atom. The normalized spacial score (nSPS) is 18.3. The van der Waals surface area contributed by atoms with Crippen molar-refractivity contribution in [3.8, 4) is 5.75 Å². The summed E-state index contributed by atoms with van der Waals surface area (Å²) in [6.45, 7) is 1.75. The second kappa shape index (κ2) is 7.44. The highest BCUT2D eigenvalue weighted by molar-refractivity contribution is 7.89. The Balaban J connectivity index is 1.53. The summed E-state index contributed by atoms with van der Waals surface area (Å²) in [5.74, 6) is 0.706. The molecule has 0 saturated carbocycles. The van der Waals surface area contributed by atoms with Crippen molar-refractivity contribution in [3.05, 3.63) is 59.2 Å². The molecule has 29 heavy (non-hydrogen) atoms. The Morgan fingerprint density at radius 3 is 2.45 bits per heavy atom. The molecule has 1 saturated heterocycles. The lowest BCUT2D eigenvalue weighted by Crippen LogP contribution is -2.48. The molecule has 0 bridgehead atoms. The number of methoxy groups -OCH3 is 1. The Hall–Kier alpha value is -2.42. The molecule has 0 radical (unpaired) electrons. The number of carbonyl (C=O) groups is 1. The Morgan fingerprint density at radius 2 is 1.83 bits per heavy atom. The highest BCUT2D eigenvalue weighted by Crippen LogP contribution is 2.45. The average Bonchev–Trinajstić information content (AvgIpc) is 2.73. The van der Waals surface area contributed by atoms with Crippen molar-refractivity contribution < 1.29 is 22.7 Å². The van der Waals surface area contributed by atoms with Crippen molar-refractivity contribution >= 4 is 15.9 Å². The summed E-state index contributed by atoms with van der Waals surface area (Å²) in [5, 5.41) is 5.12. The number of likely N-dealkylation sites (tertiary alicyclic amines) is 1. The van der Waals surface area contributed by atoms with Crippen LogP contribution in [0.15, 0.2) is 47.4 Å². The minimum absolute atomic E-state index is 0.00838. The molecular weight excluding hydrogens is 392 g/mol. The number of amides is 1. The SMILES string of the molecule is COc1cccc2c1C1(CCN(C(=O)c3ccc(S(N)(=O)=O)cc3)CC1)OCC2. The first-order chi connectivity index (χ1) is 13.8. The van der Waals surface area contributed by atoms with E-state index in [2.05, 4.69) is 6.07 Å². The number of nitrogens with zero attached hydrogens (tertiary/aromatic N) is 1. The molecule has 0 unspecified atom stereocenters. The van der Waals surface area contributed by atoms with E-state index in [4.69, 9.17) is 14.6 Å². The van der Waals surface area contributed by atoms with Gasteiger partial charge in [0.15, 0.2) is 0 Å². The fraction of sp³-hybridized carbons (Fsp3) is 0.381. The molecule has 0 aromatic heterocycles. The summed E-state index contributed by atoms with van der Waals surface area (Å²) >= 11 is 0. The largest absolute Gasteiger partial charge is 0.496 e. The number of hydrogen-bond donors (Lipinski definition) is 1. The molecule has 7 nitrogen and oxygen atoms in total. The molecule has 0 aliphatic carbocycles. The quantitative estimate of drug-likeness (QED) is 0.826. The van der Waals surface area contributed by atoms with Crippen molar-refractivity contribution in [2.75, 3.05) is 26.8 Å². The number of ether oxygens (including phenoxy) is 2. The minimum atomic E-state index is -3.78. The number of hydrogen-bond acceptors (Lipinski definition) is 5. The van der Waals surface area contributed by atoms with E-state index < -0.39 is 15.6 Å². The maximum atomic E-state index is 12.9. The van der Waals surface area contributed by atoms with Gasteiger partial charge in [0, 0.05) is 24.2 Å². The first kappa shape index (κ1) is 19.9. The second-order valence-electron chi connectivity index (χ2n) is 7.45. The Kier molecular flexibility index (Phi) is 5.10. The van der Waals surface area contributed by atoms with Crippen molar-refractivity contribution in [1.82, 2.24) is 4.90 Å². The van der Waals surface area contributed by atoms with E-state index in [1.54, 1.807) is 12.0 Å². The second-order valence-corrected chi connectivity index (χ2v) is 9.01. The maximum absolute atomic E-state index is 12.9. The molecule has 2 N–H and O–H groups in total. The van der Waals surface area contributed by atoms with Gasteiger partial charge in [-0.25, -0.2) is 13.6 Å². The van der Waals surface area contributed by atoms with Gasteiger partial charge in [0.2, 0.25) is 10.0 Å². The third-order valence-electron chi connectivity index (χ3n) is 5.83. The molecule has 2 heterocycles. The number of benzene rings is 2. The summed E-state index contributed by atoms with van der Waals surface area (Å²) in [5.41, 5.74) is 2.36. The molecule has 0 atom stereocenters. The van der Waals surface area contributed by atoms with Crippen LogP contribution in [0.4, 0.5) is 0 Å². The number of rotatable bonds is 3. The van der Waals surface area contributed by atoms with E-state index in [9.17, 15) is 13.2 Å². The van der Waals surface area contributed by atoms with Crippen LogP contribution in [0.1, 0.15) is 34.3 Å². The van der Waals surface area contributed by atoms with E-state index in [1.165, 1.54) is 29.8 Å². The van der Waals surface area contributed by atoms with E-state index in [-0.39, 0.29) is 10.8 Å². The van der Waals surface area contributed by atoms with Gasteiger partial charge in [-0.1, -0.05) is 12.1 Å². The molecule has 2 aliphatic rings. The molecule has 1 fully saturated rings. The highest BCUT2D eigenvalue weighted by atomic mass is 32.2. The van der Waals surface area contributed by atoms with Gasteiger partial charge in [-0.2, -0.15) is 0 Å². The van der Waals surface area contributed by atoms with Crippen LogP contribution in [0.25, 0.3) is 0 Å². The van der Waals surface area contributed by atoms with Gasteiger partial charge in [0.1, 0.15) is 11.4 Å². The minimum Gasteiger partial charge on any atom is -0.496 e. The Bertz CT molecular complexity index is 1010. The number of nitrogens with two attached hydrogens (primary N) is 1. The molecule has 2 aromatic rings. The first-order valence-electron chi connectivity index (χ1n) is 9.56. The Labute approximate surface area is 170 Å². The smallest absolute Gasteiger partial charge is 0.253 e. The standard InChI is InChI=1S/C21H24N2O5S/c1-27-18-4-2-3-15-9-14-28-21(19(15)18)10-12-23(13-11-21)20(24)16-5-7-17(8-6-16)29(22,25)26/h2-8H,9-14H2,1H3,(H2,22,25,26). The van der Waals surface area contributed by atoms with Crippen molar-refractivity contribution in [1.29, 1.82) is 0 Å². The molecule has 154 valence electrons. The van der Waals surface area contributed by atoms with Crippen LogP contribution in [0.3, 0.4) is 0 Å². The van der Waals surface area contributed by atoms with E-state index >= 15 is 0 Å². The fourth-order valence-electron chi connectivity index (χ4n) is 4.34. The van der Waals surface area contributed by atoms with Gasteiger partial charge in [0.25, 0.3) is 5.91 Å². The number of sulfonamides is 1. The van der Waals surface area contributed by atoms with Gasteiger partial charge in [0.05, 0.1) is 18.6 Å². The van der Waals surface area contributed by atoms with Crippen LogP contribution in [0, 0.1) is 0 Å². The fourth-order valence-corrected chi connectivity index (χ4v) is 4.85. The van der Waals surface area contributed by atoms with Gasteiger partial charge in [-0.05, 0) is 55.2 Å². The van der Waals surface area contributed by atoms with Crippen molar-refractivity contribution in [2.24, 2.45) is 5.14 Å². The van der Waals surface area contributed by atoms with Crippen molar-refractivity contribution in [2.45, 2.75) is 29.8 Å². The zero-order valence-corrected chi connectivity index (χ0v) is 17.1. The predicted octanol–water partition coefficient (Wildman–Crippen LogP) is 2.05. The lowest BCUT2D eigenvalue weighted by Gasteiger charge is -2.45. The number of fused-ring (bicyclic) bond motifs is 2. The summed E-state index contributed by atoms with van der Waals surface area (Å²) < 4.78 is 34.7. The number of piperidine rings is 1. The molecule has 1 spiro atoms. The van der Waals surface area contributed by atoms with E-state index in [0.29, 0.717) is 38.1 Å². The van der Waals surface area contributed by atoms with Crippen LogP contribution >= 0.6 is 0 Å². The summed E-state index contributed by atoms with van der Waals surface area (Å²) in [7, 11) is -2.11. The van der Waals surface area contributed by atoms with E-state index in [0.717, 1.165) is 17.7 Å². The van der Waals surface area contributed by atoms with Gasteiger partial charge in [-0.15, -0.1) is 0 Å². The van der Waals surface area contributed by atoms with Crippen LogP contribution in [-0.4, -0.2) is 46.0 Å². The molecule has 1 amide bonds. The number of primary sulfonamides is 1. The lowest BCUT2D eigenvalue weighted by atomic mass is 9.78. The predicted molar refractivity (Wildman–Crippen MR) is 107 cm³/mol. The van der Waals surface area contributed by atoms with Gasteiger partial charge < -0.3 is 14.4 Å². The van der Waals surface area contributed by atoms with Crippen LogP contribution in [0.2, 0.25) is 0 Å². The van der Waals surface area contributed by atoms with Gasteiger partial charge in [-0.3, -0.25) is 4.79 Å². The van der Waals surface area contributed by atoms with Gasteiger partial charge >= 0.3 is 0 Å².